The normalized spacial score (nSPS) is 13.5. The lowest BCUT2D eigenvalue weighted by Gasteiger charge is -2.19. The first-order valence-corrected chi connectivity index (χ1v) is 8.85. The van der Waals surface area contributed by atoms with Gasteiger partial charge in [-0.15, -0.1) is 11.3 Å². The van der Waals surface area contributed by atoms with Crippen molar-refractivity contribution in [2.75, 3.05) is 0 Å². The molecular weight excluding hydrogens is 322 g/mol. The van der Waals surface area contributed by atoms with Crippen LogP contribution in [0.3, 0.4) is 0 Å². The highest BCUT2D eigenvalue weighted by Crippen LogP contribution is 2.24. The number of primary amides is 1. The number of amides is 3. The van der Waals surface area contributed by atoms with E-state index in [0.29, 0.717) is 5.92 Å². The molecule has 0 unspecified atom stereocenters. The van der Waals surface area contributed by atoms with E-state index in [0.717, 1.165) is 10.4 Å². The molecule has 24 heavy (non-hydrogen) atoms. The topological polar surface area (TPSA) is 88.8 Å². The van der Waals surface area contributed by atoms with Crippen molar-refractivity contribution in [1.82, 2.24) is 5.32 Å². The standard InChI is InChI=1S/C18H23N3O2S/c1-11(2)13-6-8-14(9-7-13)16(15-5-4-10-24-15)20-12(3)17(22)21-18(19)23/h4-12,16,20H,1-3H3,(H3,19,21,22,23)/p+1/t12-,16+/m0/s1. The van der Waals surface area contributed by atoms with Crippen LogP contribution in [0.2, 0.25) is 0 Å². The van der Waals surface area contributed by atoms with E-state index in [2.05, 4.69) is 49.5 Å². The quantitative estimate of drug-likeness (QED) is 0.748. The smallest absolute Gasteiger partial charge is 0.319 e. The van der Waals surface area contributed by atoms with E-state index in [4.69, 9.17) is 5.73 Å². The van der Waals surface area contributed by atoms with Crippen LogP contribution in [0.15, 0.2) is 41.8 Å². The van der Waals surface area contributed by atoms with Crippen LogP contribution in [0, 0.1) is 0 Å². The molecule has 1 heterocycles. The predicted octanol–water partition coefficient (Wildman–Crippen LogP) is 2.11. The zero-order valence-corrected chi connectivity index (χ0v) is 15.0. The van der Waals surface area contributed by atoms with E-state index >= 15 is 0 Å². The highest BCUT2D eigenvalue weighted by Gasteiger charge is 2.26. The maximum absolute atomic E-state index is 12.0. The average Bonchev–Trinajstić information content (AvgIpc) is 3.06. The van der Waals surface area contributed by atoms with Gasteiger partial charge < -0.3 is 11.1 Å². The molecule has 0 aliphatic rings. The number of hydrogen-bond acceptors (Lipinski definition) is 3. The van der Waals surface area contributed by atoms with Gasteiger partial charge >= 0.3 is 6.03 Å². The molecule has 0 aliphatic heterocycles. The zero-order valence-electron chi connectivity index (χ0n) is 14.2. The van der Waals surface area contributed by atoms with Crippen LogP contribution in [0.4, 0.5) is 4.79 Å². The molecule has 0 saturated carbocycles. The molecule has 128 valence electrons. The first-order valence-electron chi connectivity index (χ1n) is 7.97. The Hall–Kier alpha value is -2.18. The van der Waals surface area contributed by atoms with Crippen LogP contribution in [-0.4, -0.2) is 18.0 Å². The van der Waals surface area contributed by atoms with Crippen LogP contribution in [0.25, 0.3) is 0 Å². The van der Waals surface area contributed by atoms with E-state index in [-0.39, 0.29) is 11.9 Å². The fourth-order valence-electron chi connectivity index (χ4n) is 2.54. The number of carbonyl (C=O) groups is 2. The number of imide groups is 1. The van der Waals surface area contributed by atoms with Gasteiger partial charge in [0.1, 0.15) is 6.04 Å². The van der Waals surface area contributed by atoms with Crippen molar-refractivity contribution in [3.8, 4) is 0 Å². The van der Waals surface area contributed by atoms with Gasteiger partial charge in [-0.3, -0.25) is 10.1 Å². The van der Waals surface area contributed by atoms with Crippen LogP contribution < -0.4 is 16.4 Å². The van der Waals surface area contributed by atoms with Crippen LogP contribution >= 0.6 is 11.3 Å². The van der Waals surface area contributed by atoms with Gasteiger partial charge in [-0.25, -0.2) is 4.79 Å². The molecule has 0 fully saturated rings. The third-order valence-electron chi connectivity index (χ3n) is 3.95. The Labute approximate surface area is 146 Å². The Morgan fingerprint density at radius 1 is 1.08 bits per heavy atom. The molecule has 2 rings (SSSR count). The number of thiophene rings is 1. The van der Waals surface area contributed by atoms with Gasteiger partial charge in [0.2, 0.25) is 0 Å². The van der Waals surface area contributed by atoms with Crippen LogP contribution in [0.1, 0.15) is 48.7 Å². The molecule has 1 aromatic heterocycles. The summed E-state index contributed by atoms with van der Waals surface area (Å²) in [7, 11) is 0. The third kappa shape index (κ3) is 4.66. The number of rotatable bonds is 6. The summed E-state index contributed by atoms with van der Waals surface area (Å²) in [4.78, 5) is 24.0. The lowest BCUT2D eigenvalue weighted by Crippen LogP contribution is -2.92. The Morgan fingerprint density at radius 2 is 1.71 bits per heavy atom. The van der Waals surface area contributed by atoms with E-state index in [1.165, 1.54) is 5.56 Å². The third-order valence-corrected chi connectivity index (χ3v) is 4.91. The van der Waals surface area contributed by atoms with Crippen molar-refractivity contribution in [2.45, 2.75) is 38.8 Å². The largest absolute Gasteiger partial charge is 0.351 e. The summed E-state index contributed by atoms with van der Waals surface area (Å²) in [5.41, 5.74) is 7.44. The Bertz CT molecular complexity index is 681. The predicted molar refractivity (Wildman–Crippen MR) is 95.8 cm³/mol. The van der Waals surface area contributed by atoms with Gasteiger partial charge in [-0.05, 0) is 29.9 Å². The summed E-state index contributed by atoms with van der Waals surface area (Å²) in [6.07, 6.45) is 0. The van der Waals surface area contributed by atoms with Crippen molar-refractivity contribution >= 4 is 23.3 Å². The lowest BCUT2D eigenvalue weighted by molar-refractivity contribution is -0.704. The van der Waals surface area contributed by atoms with E-state index in [1.54, 1.807) is 18.3 Å². The molecule has 0 radical (unpaired) electrons. The molecular formula is C18H24N3O2S+. The maximum Gasteiger partial charge on any atom is 0.319 e. The Balaban J connectivity index is 2.22. The van der Waals surface area contributed by atoms with Gasteiger partial charge in [0.15, 0.2) is 6.04 Å². The molecule has 0 bridgehead atoms. The van der Waals surface area contributed by atoms with Gasteiger partial charge in [0.25, 0.3) is 5.91 Å². The van der Waals surface area contributed by atoms with E-state index in [9.17, 15) is 9.59 Å². The highest BCUT2D eigenvalue weighted by molar-refractivity contribution is 7.10. The second-order valence-corrected chi connectivity index (χ2v) is 7.13. The molecule has 0 aliphatic carbocycles. The fraction of sp³-hybridized carbons (Fsp3) is 0.333. The maximum atomic E-state index is 12.0. The number of hydrogen-bond donors (Lipinski definition) is 3. The van der Waals surface area contributed by atoms with Gasteiger partial charge in [0, 0.05) is 5.56 Å². The number of nitrogens with one attached hydrogen (secondary N) is 1. The molecule has 3 amide bonds. The monoisotopic (exact) mass is 346 g/mol. The Kier molecular flexibility index (Phi) is 6.11. The number of quaternary nitrogens is 1. The number of benzene rings is 1. The highest BCUT2D eigenvalue weighted by atomic mass is 32.1. The second kappa shape index (κ2) is 8.08. The number of nitrogens with two attached hydrogens (primary N) is 2. The molecule has 2 aromatic rings. The van der Waals surface area contributed by atoms with Crippen molar-refractivity contribution in [3.63, 3.8) is 0 Å². The van der Waals surface area contributed by atoms with Gasteiger partial charge in [-0.1, -0.05) is 44.2 Å². The Morgan fingerprint density at radius 3 is 2.21 bits per heavy atom. The summed E-state index contributed by atoms with van der Waals surface area (Å²) in [6.45, 7) is 6.09. The molecule has 2 atom stereocenters. The minimum Gasteiger partial charge on any atom is -0.351 e. The molecule has 0 spiro atoms. The SMILES string of the molecule is CC(C)c1ccc([C@@H]([NH2+][C@@H](C)C(=O)NC(N)=O)c2cccs2)cc1. The molecule has 6 heteroatoms. The van der Waals surface area contributed by atoms with Gasteiger partial charge in [-0.2, -0.15) is 0 Å². The first kappa shape index (κ1) is 18.2. The minimum atomic E-state index is -0.825. The second-order valence-electron chi connectivity index (χ2n) is 6.15. The minimum absolute atomic E-state index is 0.000149. The summed E-state index contributed by atoms with van der Waals surface area (Å²) < 4.78 is 0. The van der Waals surface area contributed by atoms with Gasteiger partial charge in [0.05, 0.1) is 4.88 Å². The lowest BCUT2D eigenvalue weighted by atomic mass is 9.98. The average molecular weight is 346 g/mol. The number of urea groups is 1. The van der Waals surface area contributed by atoms with E-state index < -0.39 is 12.1 Å². The zero-order chi connectivity index (χ0) is 17.7. The molecule has 1 aromatic carbocycles. The van der Waals surface area contributed by atoms with Crippen molar-refractivity contribution in [2.24, 2.45) is 5.73 Å². The number of carbonyl (C=O) groups excluding carboxylic acids is 2. The first-order chi connectivity index (χ1) is 11.4. The summed E-state index contributed by atoms with van der Waals surface area (Å²) >= 11 is 1.65. The molecule has 5 nitrogen and oxygen atoms in total. The summed E-state index contributed by atoms with van der Waals surface area (Å²) in [6, 6.07) is 11.3. The fourth-order valence-corrected chi connectivity index (χ4v) is 3.37. The summed E-state index contributed by atoms with van der Waals surface area (Å²) in [5, 5.41) is 6.11. The van der Waals surface area contributed by atoms with Crippen molar-refractivity contribution in [1.29, 1.82) is 0 Å². The molecule has 0 saturated heterocycles. The van der Waals surface area contributed by atoms with Crippen molar-refractivity contribution < 1.29 is 14.9 Å². The van der Waals surface area contributed by atoms with Crippen molar-refractivity contribution in [3.05, 3.63) is 57.8 Å². The van der Waals surface area contributed by atoms with E-state index in [1.807, 2.05) is 16.8 Å². The van der Waals surface area contributed by atoms with Crippen LogP contribution in [-0.2, 0) is 4.79 Å². The van der Waals surface area contributed by atoms with Crippen LogP contribution in [0.5, 0.6) is 0 Å². The molecule has 5 N–H and O–H groups in total. The summed E-state index contributed by atoms with van der Waals surface area (Å²) in [5.74, 6) is 0.0892.